The average molecular weight is 364 g/mol. The van der Waals surface area contributed by atoms with Crippen molar-refractivity contribution in [1.82, 2.24) is 5.32 Å². The molecule has 0 bridgehead atoms. The zero-order valence-corrected chi connectivity index (χ0v) is 15.3. The quantitative estimate of drug-likeness (QED) is 0.689. The maximum atomic E-state index is 12.7. The van der Waals surface area contributed by atoms with Gasteiger partial charge in [0.1, 0.15) is 5.75 Å². The molecule has 0 spiro atoms. The molecule has 0 aromatic heterocycles. The lowest BCUT2D eigenvalue weighted by atomic mass is 10.0. The molecular weight excluding hydrogens is 340 g/mol. The van der Waals surface area contributed by atoms with E-state index in [9.17, 15) is 19.5 Å². The van der Waals surface area contributed by atoms with Crippen molar-refractivity contribution in [2.75, 3.05) is 11.4 Å². The molecule has 8 nitrogen and oxygen atoms in total. The summed E-state index contributed by atoms with van der Waals surface area (Å²) in [4.78, 5) is 37.3. The van der Waals surface area contributed by atoms with Crippen molar-refractivity contribution in [2.24, 2.45) is 0 Å². The maximum Gasteiger partial charge on any atom is 0.328 e. The third-order valence-electron chi connectivity index (χ3n) is 4.16. The van der Waals surface area contributed by atoms with Gasteiger partial charge in [0.25, 0.3) is 5.91 Å². The molecule has 3 N–H and O–H groups in total. The van der Waals surface area contributed by atoms with Crippen molar-refractivity contribution in [2.45, 2.75) is 51.9 Å². The van der Waals surface area contributed by atoms with Gasteiger partial charge in [0.05, 0.1) is 11.8 Å². The molecule has 26 heavy (non-hydrogen) atoms. The van der Waals surface area contributed by atoms with E-state index in [1.807, 2.05) is 13.0 Å². The van der Waals surface area contributed by atoms with Crippen LogP contribution in [0.15, 0.2) is 18.2 Å². The number of amides is 2. The number of aliphatic carboxylic acids is 1. The first-order chi connectivity index (χ1) is 12.0. The van der Waals surface area contributed by atoms with E-state index in [1.54, 1.807) is 26.0 Å². The smallest absolute Gasteiger partial charge is 0.328 e. The summed E-state index contributed by atoms with van der Waals surface area (Å²) in [6.07, 6.45) is -1.34. The second-order valence-corrected chi connectivity index (χ2v) is 6.91. The van der Waals surface area contributed by atoms with E-state index < -0.39 is 29.6 Å². The fourth-order valence-corrected chi connectivity index (χ4v) is 2.75. The lowest BCUT2D eigenvalue weighted by molar-refractivity contribution is -0.144. The Balaban J connectivity index is 2.15. The van der Waals surface area contributed by atoms with E-state index in [2.05, 4.69) is 5.32 Å². The van der Waals surface area contributed by atoms with Gasteiger partial charge in [0, 0.05) is 13.0 Å². The topological polar surface area (TPSA) is 116 Å². The van der Waals surface area contributed by atoms with Gasteiger partial charge in [-0.2, -0.15) is 0 Å². The van der Waals surface area contributed by atoms with Gasteiger partial charge in [-0.3, -0.25) is 9.59 Å². The molecule has 0 radical (unpaired) electrons. The Kier molecular flexibility index (Phi) is 5.56. The molecule has 0 saturated heterocycles. The van der Waals surface area contributed by atoms with E-state index in [-0.39, 0.29) is 18.9 Å². The fourth-order valence-electron chi connectivity index (χ4n) is 2.75. The number of carbonyl (C=O) groups is 3. The molecule has 1 heterocycles. The number of hydrogen-bond acceptors (Lipinski definition) is 5. The van der Waals surface area contributed by atoms with Crippen LogP contribution in [0.1, 0.15) is 32.8 Å². The number of nitrogens with zero attached hydrogens (tertiary/aromatic N) is 1. The van der Waals surface area contributed by atoms with Crippen molar-refractivity contribution in [3.63, 3.8) is 0 Å². The van der Waals surface area contributed by atoms with Crippen LogP contribution in [0.2, 0.25) is 0 Å². The SMILES string of the molecule is Cc1ccc2c(c1)N(CCC(=O)NC(C(=O)O)C(C)O)C(=O)C(C)(C)O2. The highest BCUT2D eigenvalue weighted by atomic mass is 16.5. The maximum absolute atomic E-state index is 12.7. The molecule has 1 aromatic carbocycles. The predicted molar refractivity (Wildman–Crippen MR) is 94.1 cm³/mol. The summed E-state index contributed by atoms with van der Waals surface area (Å²) in [7, 11) is 0. The molecule has 2 amide bonds. The van der Waals surface area contributed by atoms with Crippen LogP contribution in [-0.2, 0) is 14.4 Å². The molecule has 8 heteroatoms. The van der Waals surface area contributed by atoms with E-state index in [1.165, 1.54) is 11.8 Å². The van der Waals surface area contributed by atoms with Gasteiger partial charge in [-0.05, 0) is 45.4 Å². The van der Waals surface area contributed by atoms with Crippen LogP contribution >= 0.6 is 0 Å². The minimum atomic E-state index is -1.39. The standard InChI is InChI=1S/C18H24N2O6/c1-10-5-6-13-12(9-10)20(17(25)18(3,4)26-13)8-7-14(22)19-15(11(2)21)16(23)24/h5-6,9,11,15,21H,7-8H2,1-4H3,(H,19,22)(H,23,24). The number of fused-ring (bicyclic) bond motifs is 1. The van der Waals surface area contributed by atoms with Gasteiger partial charge in [0.15, 0.2) is 11.6 Å². The average Bonchev–Trinajstić information content (AvgIpc) is 2.53. The highest BCUT2D eigenvalue weighted by Gasteiger charge is 2.41. The predicted octanol–water partition coefficient (Wildman–Crippen LogP) is 0.839. The van der Waals surface area contributed by atoms with Crippen LogP contribution < -0.4 is 15.0 Å². The molecule has 0 aliphatic carbocycles. The minimum Gasteiger partial charge on any atom is -0.480 e. The largest absolute Gasteiger partial charge is 0.480 e. The first-order valence-corrected chi connectivity index (χ1v) is 8.35. The third kappa shape index (κ3) is 4.13. The van der Waals surface area contributed by atoms with Gasteiger partial charge < -0.3 is 25.2 Å². The number of aryl methyl sites for hydroxylation is 1. The zero-order chi connectivity index (χ0) is 19.6. The summed E-state index contributed by atoms with van der Waals surface area (Å²) in [5.41, 5.74) is 0.448. The molecule has 1 aliphatic rings. The van der Waals surface area contributed by atoms with Gasteiger partial charge in [0.2, 0.25) is 5.91 Å². The molecule has 2 rings (SSSR count). The molecule has 2 unspecified atom stereocenters. The molecule has 1 aliphatic heterocycles. The Morgan fingerprint density at radius 3 is 2.58 bits per heavy atom. The number of carboxylic acid groups (broad SMARTS) is 1. The number of ether oxygens (including phenoxy) is 1. The Bertz CT molecular complexity index is 728. The van der Waals surface area contributed by atoms with Crippen molar-refractivity contribution < 1.29 is 29.3 Å². The first kappa shape index (κ1) is 19.7. The summed E-state index contributed by atoms with van der Waals surface area (Å²) in [5.74, 6) is -1.62. The molecule has 142 valence electrons. The zero-order valence-electron chi connectivity index (χ0n) is 15.3. The Morgan fingerprint density at radius 1 is 1.35 bits per heavy atom. The van der Waals surface area contributed by atoms with Crippen molar-refractivity contribution in [3.05, 3.63) is 23.8 Å². The molecule has 1 aromatic rings. The highest BCUT2D eigenvalue weighted by molar-refractivity contribution is 6.02. The fraction of sp³-hybridized carbons (Fsp3) is 0.500. The summed E-state index contributed by atoms with van der Waals surface area (Å²) in [6.45, 7) is 6.54. The number of aliphatic hydroxyl groups is 1. The number of carboxylic acids is 1. The van der Waals surface area contributed by atoms with Gasteiger partial charge in [-0.1, -0.05) is 6.07 Å². The number of hydrogen-bond donors (Lipinski definition) is 3. The minimum absolute atomic E-state index is 0.0695. The summed E-state index contributed by atoms with van der Waals surface area (Å²) < 4.78 is 5.75. The summed E-state index contributed by atoms with van der Waals surface area (Å²) >= 11 is 0. The van der Waals surface area contributed by atoms with Crippen LogP contribution in [0.25, 0.3) is 0 Å². The lowest BCUT2D eigenvalue weighted by Gasteiger charge is -2.39. The monoisotopic (exact) mass is 364 g/mol. The Hall–Kier alpha value is -2.61. The van der Waals surface area contributed by atoms with Crippen LogP contribution in [0.4, 0.5) is 5.69 Å². The number of aliphatic hydroxyl groups excluding tert-OH is 1. The Morgan fingerprint density at radius 2 is 2.00 bits per heavy atom. The number of anilines is 1. The summed E-state index contributed by atoms with van der Waals surface area (Å²) in [5, 5.41) is 20.7. The lowest BCUT2D eigenvalue weighted by Crippen LogP contribution is -2.54. The van der Waals surface area contributed by atoms with Gasteiger partial charge in [-0.25, -0.2) is 4.79 Å². The number of nitrogens with one attached hydrogen (secondary N) is 1. The van der Waals surface area contributed by atoms with Crippen molar-refractivity contribution >= 4 is 23.5 Å². The Labute approximate surface area is 151 Å². The normalized spacial score (nSPS) is 17.7. The van der Waals surface area contributed by atoms with Crippen LogP contribution in [0.3, 0.4) is 0 Å². The summed E-state index contributed by atoms with van der Waals surface area (Å²) in [6, 6.07) is 4.06. The van der Waals surface area contributed by atoms with Crippen LogP contribution in [-0.4, -0.2) is 52.3 Å². The van der Waals surface area contributed by atoms with E-state index in [4.69, 9.17) is 9.84 Å². The molecule has 0 fully saturated rings. The second kappa shape index (κ2) is 7.33. The van der Waals surface area contributed by atoms with Crippen LogP contribution in [0.5, 0.6) is 5.75 Å². The van der Waals surface area contributed by atoms with E-state index >= 15 is 0 Å². The van der Waals surface area contributed by atoms with Gasteiger partial charge >= 0.3 is 5.97 Å². The molecule has 0 saturated carbocycles. The first-order valence-electron chi connectivity index (χ1n) is 8.35. The number of rotatable bonds is 6. The molecular formula is C18H24N2O6. The number of carbonyl (C=O) groups excluding carboxylic acids is 2. The number of benzene rings is 1. The van der Waals surface area contributed by atoms with Crippen molar-refractivity contribution in [3.8, 4) is 5.75 Å². The van der Waals surface area contributed by atoms with Crippen LogP contribution in [0, 0.1) is 6.92 Å². The third-order valence-corrected chi connectivity index (χ3v) is 4.16. The van der Waals surface area contributed by atoms with E-state index in [0.29, 0.717) is 11.4 Å². The van der Waals surface area contributed by atoms with Gasteiger partial charge in [-0.15, -0.1) is 0 Å². The second-order valence-electron chi connectivity index (χ2n) is 6.91. The van der Waals surface area contributed by atoms with Crippen molar-refractivity contribution in [1.29, 1.82) is 0 Å². The van der Waals surface area contributed by atoms with E-state index in [0.717, 1.165) is 5.56 Å². The molecule has 2 atom stereocenters. The highest BCUT2D eigenvalue weighted by Crippen LogP contribution is 2.38.